The van der Waals surface area contributed by atoms with Crippen molar-refractivity contribution >= 4 is 17.9 Å². The second kappa shape index (κ2) is 7.64. The molecule has 0 atom stereocenters. The van der Waals surface area contributed by atoms with Crippen LogP contribution in [0.25, 0.3) is 22.6 Å². The molecule has 3 aromatic rings. The number of aldehydes is 1. The van der Waals surface area contributed by atoms with Gasteiger partial charge in [-0.05, 0) is 38.2 Å². The number of benzene rings is 2. The zero-order chi connectivity index (χ0) is 17.8. The number of likely N-dealkylation sites (N-methyl/N-ethyl adjacent to an activating group) is 1. The molecule has 0 aliphatic rings. The number of hydrogen-bond donors (Lipinski definition) is 1. The average Bonchev–Trinajstić information content (AvgIpc) is 3.05. The standard InChI is InChI=1S/C20H20ClN3O/c1-24(2)12-11-14-3-5-16(6-4-14)20-22-18(13-25)19(23-20)15-7-9-17(21)10-8-15/h3-10,13H,11-12H2,1-2H3,(H,22,23). The van der Waals surface area contributed by atoms with Crippen LogP contribution in [0, 0.1) is 0 Å². The van der Waals surface area contributed by atoms with Gasteiger partial charge in [0.1, 0.15) is 11.5 Å². The number of nitrogens with one attached hydrogen (secondary N) is 1. The molecule has 2 aromatic carbocycles. The van der Waals surface area contributed by atoms with Gasteiger partial charge < -0.3 is 9.88 Å². The lowest BCUT2D eigenvalue weighted by Crippen LogP contribution is -2.14. The quantitative estimate of drug-likeness (QED) is 0.671. The normalized spacial score (nSPS) is 11.0. The molecule has 5 heteroatoms. The number of aromatic amines is 1. The van der Waals surface area contributed by atoms with E-state index < -0.39 is 0 Å². The highest BCUT2D eigenvalue weighted by Crippen LogP contribution is 2.26. The summed E-state index contributed by atoms with van der Waals surface area (Å²) in [5, 5.41) is 0.653. The molecule has 0 radical (unpaired) electrons. The second-order valence-electron chi connectivity index (χ2n) is 6.22. The zero-order valence-electron chi connectivity index (χ0n) is 14.3. The fourth-order valence-electron chi connectivity index (χ4n) is 2.62. The zero-order valence-corrected chi connectivity index (χ0v) is 15.0. The number of carbonyl (C=O) groups is 1. The van der Waals surface area contributed by atoms with Crippen LogP contribution < -0.4 is 0 Å². The fraction of sp³-hybridized carbons (Fsp3) is 0.200. The predicted molar refractivity (Wildman–Crippen MR) is 102 cm³/mol. The third-order valence-corrected chi connectivity index (χ3v) is 4.29. The van der Waals surface area contributed by atoms with Crippen LogP contribution in [0.3, 0.4) is 0 Å². The maximum absolute atomic E-state index is 11.4. The Morgan fingerprint density at radius 3 is 2.28 bits per heavy atom. The summed E-state index contributed by atoms with van der Waals surface area (Å²) in [4.78, 5) is 21.3. The second-order valence-corrected chi connectivity index (χ2v) is 6.66. The van der Waals surface area contributed by atoms with Crippen LogP contribution in [0.15, 0.2) is 48.5 Å². The Morgan fingerprint density at radius 1 is 1.04 bits per heavy atom. The molecular weight excluding hydrogens is 334 g/mol. The fourth-order valence-corrected chi connectivity index (χ4v) is 2.74. The smallest absolute Gasteiger partial charge is 0.168 e. The third-order valence-electron chi connectivity index (χ3n) is 4.04. The summed E-state index contributed by atoms with van der Waals surface area (Å²) in [6, 6.07) is 15.6. The first-order valence-electron chi connectivity index (χ1n) is 8.12. The van der Waals surface area contributed by atoms with Gasteiger partial charge >= 0.3 is 0 Å². The first-order chi connectivity index (χ1) is 12.1. The van der Waals surface area contributed by atoms with Crippen molar-refractivity contribution in [1.82, 2.24) is 14.9 Å². The van der Waals surface area contributed by atoms with E-state index in [4.69, 9.17) is 11.6 Å². The predicted octanol–water partition coefficient (Wildman–Crippen LogP) is 4.31. The van der Waals surface area contributed by atoms with Crippen molar-refractivity contribution in [1.29, 1.82) is 0 Å². The molecule has 0 fully saturated rings. The van der Waals surface area contributed by atoms with E-state index in [1.54, 1.807) is 12.1 Å². The van der Waals surface area contributed by atoms with Crippen LogP contribution in [-0.2, 0) is 6.42 Å². The number of rotatable bonds is 6. The van der Waals surface area contributed by atoms with Crippen molar-refractivity contribution < 1.29 is 4.79 Å². The van der Waals surface area contributed by atoms with Gasteiger partial charge in [0.25, 0.3) is 0 Å². The van der Waals surface area contributed by atoms with E-state index in [1.165, 1.54) is 5.56 Å². The van der Waals surface area contributed by atoms with Crippen molar-refractivity contribution in [3.8, 4) is 22.6 Å². The van der Waals surface area contributed by atoms with Crippen LogP contribution in [0.4, 0.5) is 0 Å². The molecule has 1 N–H and O–H groups in total. The monoisotopic (exact) mass is 353 g/mol. The molecule has 1 heterocycles. The number of carbonyl (C=O) groups excluding carboxylic acids is 1. The third kappa shape index (κ3) is 4.16. The van der Waals surface area contributed by atoms with E-state index in [0.717, 1.165) is 30.4 Å². The SMILES string of the molecule is CN(C)CCc1ccc(-c2nc(-c3ccc(Cl)cc3)c(C=O)[nH]2)cc1. The minimum Gasteiger partial charge on any atom is -0.335 e. The first-order valence-corrected chi connectivity index (χ1v) is 8.50. The number of H-pyrrole nitrogens is 1. The molecule has 3 rings (SSSR count). The number of hydrogen-bond acceptors (Lipinski definition) is 3. The molecule has 0 saturated carbocycles. The van der Waals surface area contributed by atoms with Crippen LogP contribution in [0.2, 0.25) is 5.02 Å². The number of nitrogens with zero attached hydrogens (tertiary/aromatic N) is 2. The first kappa shape index (κ1) is 17.4. The summed E-state index contributed by atoms with van der Waals surface area (Å²) in [5.74, 6) is 0.686. The van der Waals surface area contributed by atoms with Crippen LogP contribution in [0.5, 0.6) is 0 Å². The molecule has 0 saturated heterocycles. The van der Waals surface area contributed by atoms with Gasteiger partial charge in [0.05, 0.1) is 5.69 Å². The molecule has 0 bridgehead atoms. The largest absolute Gasteiger partial charge is 0.335 e. The average molecular weight is 354 g/mol. The van der Waals surface area contributed by atoms with Gasteiger partial charge in [0.2, 0.25) is 0 Å². The van der Waals surface area contributed by atoms with Crippen molar-refractivity contribution in [3.05, 3.63) is 64.8 Å². The van der Waals surface area contributed by atoms with Gasteiger partial charge in [-0.15, -0.1) is 0 Å². The lowest BCUT2D eigenvalue weighted by molar-refractivity contribution is 0.112. The molecule has 0 unspecified atom stereocenters. The highest BCUT2D eigenvalue weighted by atomic mass is 35.5. The topological polar surface area (TPSA) is 49.0 Å². The Morgan fingerprint density at radius 2 is 1.68 bits per heavy atom. The van der Waals surface area contributed by atoms with Gasteiger partial charge in [-0.25, -0.2) is 4.98 Å². The van der Waals surface area contributed by atoms with E-state index in [0.29, 0.717) is 22.2 Å². The minimum absolute atomic E-state index is 0.467. The molecule has 128 valence electrons. The van der Waals surface area contributed by atoms with Crippen molar-refractivity contribution in [2.45, 2.75) is 6.42 Å². The van der Waals surface area contributed by atoms with E-state index in [9.17, 15) is 4.79 Å². The van der Waals surface area contributed by atoms with Crippen molar-refractivity contribution in [3.63, 3.8) is 0 Å². The van der Waals surface area contributed by atoms with Gasteiger partial charge in [0, 0.05) is 22.7 Å². The lowest BCUT2D eigenvalue weighted by atomic mass is 10.1. The van der Waals surface area contributed by atoms with Gasteiger partial charge in [0.15, 0.2) is 6.29 Å². The number of aromatic nitrogens is 2. The van der Waals surface area contributed by atoms with Gasteiger partial charge in [-0.3, -0.25) is 4.79 Å². The lowest BCUT2D eigenvalue weighted by Gasteiger charge is -2.09. The Balaban J connectivity index is 1.88. The van der Waals surface area contributed by atoms with Crippen molar-refractivity contribution in [2.24, 2.45) is 0 Å². The van der Waals surface area contributed by atoms with Crippen LogP contribution in [0.1, 0.15) is 16.1 Å². The van der Waals surface area contributed by atoms with E-state index >= 15 is 0 Å². The Hall–Kier alpha value is -2.43. The van der Waals surface area contributed by atoms with Gasteiger partial charge in [-0.1, -0.05) is 48.0 Å². The highest BCUT2D eigenvalue weighted by Gasteiger charge is 2.13. The molecule has 0 aliphatic carbocycles. The molecule has 0 amide bonds. The minimum atomic E-state index is 0.467. The Kier molecular flexibility index (Phi) is 5.31. The van der Waals surface area contributed by atoms with E-state index in [-0.39, 0.29) is 0 Å². The summed E-state index contributed by atoms with van der Waals surface area (Å²) in [6.45, 7) is 1.01. The number of imidazole rings is 1. The molecule has 0 spiro atoms. The van der Waals surface area contributed by atoms with E-state index in [2.05, 4.69) is 41.1 Å². The number of halogens is 1. The van der Waals surface area contributed by atoms with Crippen LogP contribution >= 0.6 is 11.6 Å². The Labute approximate surface area is 152 Å². The van der Waals surface area contributed by atoms with Crippen LogP contribution in [-0.4, -0.2) is 41.8 Å². The summed E-state index contributed by atoms with van der Waals surface area (Å²) in [5.41, 5.74) is 4.19. The van der Waals surface area contributed by atoms with Gasteiger partial charge in [-0.2, -0.15) is 0 Å². The molecular formula is C20H20ClN3O. The molecule has 1 aromatic heterocycles. The highest BCUT2D eigenvalue weighted by molar-refractivity contribution is 6.30. The molecule has 25 heavy (non-hydrogen) atoms. The summed E-state index contributed by atoms with van der Waals surface area (Å²) < 4.78 is 0. The maximum Gasteiger partial charge on any atom is 0.168 e. The molecule has 4 nitrogen and oxygen atoms in total. The maximum atomic E-state index is 11.4. The summed E-state index contributed by atoms with van der Waals surface area (Å²) in [6.07, 6.45) is 1.80. The van der Waals surface area contributed by atoms with E-state index in [1.807, 2.05) is 24.3 Å². The Bertz CT molecular complexity index is 852. The summed E-state index contributed by atoms with van der Waals surface area (Å²) in [7, 11) is 4.13. The molecule has 0 aliphatic heterocycles. The van der Waals surface area contributed by atoms with Crippen molar-refractivity contribution in [2.75, 3.05) is 20.6 Å². The summed E-state index contributed by atoms with van der Waals surface area (Å²) >= 11 is 5.93.